The van der Waals surface area contributed by atoms with Crippen molar-refractivity contribution in [2.45, 2.75) is 25.2 Å². The molecule has 1 aliphatic rings. The SMILES string of the molecule is Fc1cc(F)c2nc(C3CCC3)[nH]c2c1. The van der Waals surface area contributed by atoms with Gasteiger partial charge in [0.15, 0.2) is 5.82 Å². The number of aromatic amines is 1. The largest absolute Gasteiger partial charge is 0.342 e. The molecule has 0 spiro atoms. The Morgan fingerprint density at radius 3 is 2.73 bits per heavy atom. The quantitative estimate of drug-likeness (QED) is 0.766. The van der Waals surface area contributed by atoms with Gasteiger partial charge in [0, 0.05) is 12.0 Å². The Morgan fingerprint density at radius 1 is 1.27 bits per heavy atom. The molecule has 0 amide bonds. The first-order valence-corrected chi connectivity index (χ1v) is 5.09. The van der Waals surface area contributed by atoms with Crippen molar-refractivity contribution in [3.05, 3.63) is 29.6 Å². The minimum absolute atomic E-state index is 0.248. The van der Waals surface area contributed by atoms with E-state index in [-0.39, 0.29) is 5.52 Å². The molecule has 1 aromatic carbocycles. The van der Waals surface area contributed by atoms with Gasteiger partial charge in [-0.15, -0.1) is 0 Å². The van der Waals surface area contributed by atoms with Gasteiger partial charge in [-0.3, -0.25) is 0 Å². The van der Waals surface area contributed by atoms with Gasteiger partial charge < -0.3 is 4.98 Å². The summed E-state index contributed by atoms with van der Waals surface area (Å²) in [5.74, 6) is 0.0382. The fourth-order valence-electron chi connectivity index (χ4n) is 1.94. The Bertz CT molecular complexity index is 515. The van der Waals surface area contributed by atoms with Gasteiger partial charge in [0.2, 0.25) is 0 Å². The molecular weight excluding hydrogens is 198 g/mol. The number of nitrogens with zero attached hydrogens (tertiary/aromatic N) is 1. The molecule has 2 nitrogen and oxygen atoms in total. The van der Waals surface area contributed by atoms with Crippen molar-refractivity contribution >= 4 is 11.0 Å². The van der Waals surface area contributed by atoms with Gasteiger partial charge in [0.05, 0.1) is 5.52 Å². The van der Waals surface area contributed by atoms with Crippen LogP contribution >= 0.6 is 0 Å². The van der Waals surface area contributed by atoms with Crippen LogP contribution in [0.2, 0.25) is 0 Å². The summed E-state index contributed by atoms with van der Waals surface area (Å²) in [5.41, 5.74) is 0.702. The molecule has 78 valence electrons. The van der Waals surface area contributed by atoms with E-state index in [2.05, 4.69) is 9.97 Å². The smallest absolute Gasteiger partial charge is 0.153 e. The molecule has 15 heavy (non-hydrogen) atoms. The molecule has 0 bridgehead atoms. The Kier molecular flexibility index (Phi) is 1.78. The summed E-state index contributed by atoms with van der Waals surface area (Å²) in [5, 5.41) is 0. The van der Waals surface area contributed by atoms with Crippen LogP contribution in [0.1, 0.15) is 31.0 Å². The van der Waals surface area contributed by atoms with Gasteiger partial charge in [-0.1, -0.05) is 6.42 Å². The Hall–Kier alpha value is -1.45. The number of H-pyrrole nitrogens is 1. The van der Waals surface area contributed by atoms with Crippen molar-refractivity contribution in [1.82, 2.24) is 9.97 Å². The predicted molar refractivity (Wildman–Crippen MR) is 52.6 cm³/mol. The first kappa shape index (κ1) is 8.83. The molecule has 3 rings (SSSR count). The Labute approximate surface area is 85.3 Å². The highest BCUT2D eigenvalue weighted by Gasteiger charge is 2.23. The second kappa shape index (κ2) is 3.02. The minimum Gasteiger partial charge on any atom is -0.342 e. The van der Waals surface area contributed by atoms with Crippen LogP contribution in [0, 0.1) is 11.6 Å². The molecule has 0 saturated heterocycles. The highest BCUT2D eigenvalue weighted by atomic mass is 19.1. The van der Waals surface area contributed by atoms with E-state index in [0.29, 0.717) is 11.4 Å². The van der Waals surface area contributed by atoms with E-state index in [1.807, 2.05) is 0 Å². The summed E-state index contributed by atoms with van der Waals surface area (Å²) in [6, 6.07) is 2.15. The zero-order valence-corrected chi connectivity index (χ0v) is 8.06. The van der Waals surface area contributed by atoms with Crippen LogP contribution < -0.4 is 0 Å². The molecule has 1 aromatic heterocycles. The summed E-state index contributed by atoms with van der Waals surface area (Å²) in [7, 11) is 0. The summed E-state index contributed by atoms with van der Waals surface area (Å²) >= 11 is 0. The third-order valence-corrected chi connectivity index (χ3v) is 3.02. The number of imidazole rings is 1. The van der Waals surface area contributed by atoms with Gasteiger partial charge in [0.25, 0.3) is 0 Å². The molecule has 4 heteroatoms. The highest BCUT2D eigenvalue weighted by Crippen LogP contribution is 2.35. The number of hydrogen-bond acceptors (Lipinski definition) is 1. The van der Waals surface area contributed by atoms with Crippen LogP contribution in [0.25, 0.3) is 11.0 Å². The van der Waals surface area contributed by atoms with E-state index in [4.69, 9.17) is 0 Å². The summed E-state index contributed by atoms with van der Waals surface area (Å²) < 4.78 is 26.2. The van der Waals surface area contributed by atoms with Crippen molar-refractivity contribution in [2.75, 3.05) is 0 Å². The number of aromatic nitrogens is 2. The zero-order chi connectivity index (χ0) is 10.4. The molecule has 0 atom stereocenters. The van der Waals surface area contributed by atoms with E-state index >= 15 is 0 Å². The molecule has 2 aromatic rings. The highest BCUT2D eigenvalue weighted by molar-refractivity contribution is 5.75. The number of rotatable bonds is 1. The molecule has 1 aliphatic carbocycles. The monoisotopic (exact) mass is 208 g/mol. The molecule has 0 radical (unpaired) electrons. The van der Waals surface area contributed by atoms with Crippen LogP contribution in [-0.4, -0.2) is 9.97 Å². The lowest BCUT2D eigenvalue weighted by molar-refractivity contribution is 0.404. The van der Waals surface area contributed by atoms with E-state index < -0.39 is 11.6 Å². The number of hydrogen-bond donors (Lipinski definition) is 1. The minimum atomic E-state index is -0.591. The second-order valence-electron chi connectivity index (χ2n) is 4.03. The molecule has 0 unspecified atom stereocenters. The van der Waals surface area contributed by atoms with E-state index in [1.165, 1.54) is 12.5 Å². The van der Waals surface area contributed by atoms with Crippen LogP contribution in [0.3, 0.4) is 0 Å². The Morgan fingerprint density at radius 2 is 2.07 bits per heavy atom. The third-order valence-electron chi connectivity index (χ3n) is 3.02. The Balaban J connectivity index is 2.16. The lowest BCUT2D eigenvalue weighted by Crippen LogP contribution is -2.10. The first-order valence-electron chi connectivity index (χ1n) is 5.09. The lowest BCUT2D eigenvalue weighted by Gasteiger charge is -2.22. The van der Waals surface area contributed by atoms with Crippen molar-refractivity contribution in [3.63, 3.8) is 0 Å². The zero-order valence-electron chi connectivity index (χ0n) is 8.06. The summed E-state index contributed by atoms with van der Waals surface area (Å²) in [4.78, 5) is 7.17. The average Bonchev–Trinajstić information content (AvgIpc) is 2.44. The molecular formula is C11H10F2N2. The van der Waals surface area contributed by atoms with Crippen molar-refractivity contribution < 1.29 is 8.78 Å². The average molecular weight is 208 g/mol. The van der Waals surface area contributed by atoms with Crippen LogP contribution in [-0.2, 0) is 0 Å². The fourth-order valence-corrected chi connectivity index (χ4v) is 1.94. The number of nitrogens with one attached hydrogen (secondary N) is 1. The van der Waals surface area contributed by atoms with E-state index in [0.717, 1.165) is 24.7 Å². The van der Waals surface area contributed by atoms with Crippen molar-refractivity contribution in [2.24, 2.45) is 0 Å². The van der Waals surface area contributed by atoms with Gasteiger partial charge in [-0.05, 0) is 18.9 Å². The van der Waals surface area contributed by atoms with E-state index in [1.54, 1.807) is 0 Å². The first-order chi connectivity index (χ1) is 7.24. The van der Waals surface area contributed by atoms with Gasteiger partial charge >= 0.3 is 0 Å². The standard InChI is InChI=1S/C11H10F2N2/c12-7-4-8(13)10-9(5-7)14-11(15-10)6-2-1-3-6/h4-6H,1-3H2,(H,14,15). The maximum Gasteiger partial charge on any atom is 0.153 e. The van der Waals surface area contributed by atoms with Crippen LogP contribution in [0.5, 0.6) is 0 Å². The van der Waals surface area contributed by atoms with E-state index in [9.17, 15) is 8.78 Å². The van der Waals surface area contributed by atoms with Gasteiger partial charge in [-0.25, -0.2) is 13.8 Å². The van der Waals surface area contributed by atoms with Crippen LogP contribution in [0.4, 0.5) is 8.78 Å². The van der Waals surface area contributed by atoms with Crippen LogP contribution in [0.15, 0.2) is 12.1 Å². The molecule has 1 heterocycles. The van der Waals surface area contributed by atoms with Gasteiger partial charge in [-0.2, -0.15) is 0 Å². The number of benzene rings is 1. The lowest BCUT2D eigenvalue weighted by atomic mass is 9.85. The maximum atomic E-state index is 13.3. The number of fused-ring (bicyclic) bond motifs is 1. The molecule has 0 aliphatic heterocycles. The van der Waals surface area contributed by atoms with Crippen molar-refractivity contribution in [3.8, 4) is 0 Å². The second-order valence-corrected chi connectivity index (χ2v) is 4.03. The maximum absolute atomic E-state index is 13.3. The summed E-state index contributed by atoms with van der Waals surface area (Å²) in [6.07, 6.45) is 3.37. The topological polar surface area (TPSA) is 28.7 Å². The predicted octanol–water partition coefficient (Wildman–Crippen LogP) is 3.11. The molecule has 1 N–H and O–H groups in total. The molecule has 1 saturated carbocycles. The molecule has 1 fully saturated rings. The summed E-state index contributed by atoms with van der Waals surface area (Å²) in [6.45, 7) is 0. The number of halogens is 2. The van der Waals surface area contributed by atoms with Gasteiger partial charge in [0.1, 0.15) is 17.2 Å². The third kappa shape index (κ3) is 1.32. The normalized spacial score (nSPS) is 16.9. The fraction of sp³-hybridized carbons (Fsp3) is 0.364. The van der Waals surface area contributed by atoms with Crippen molar-refractivity contribution in [1.29, 1.82) is 0 Å².